The Hall–Kier alpha value is -2.77. The summed E-state index contributed by atoms with van der Waals surface area (Å²) in [5, 5.41) is 23.2. The Balaban J connectivity index is 2.17. The molecule has 2 aromatic rings. The number of aromatic nitrogens is 4. The molecule has 8 nitrogen and oxygen atoms in total. The van der Waals surface area contributed by atoms with Crippen molar-refractivity contribution in [3.63, 3.8) is 0 Å². The molecule has 0 radical (unpaired) electrons. The van der Waals surface area contributed by atoms with Crippen LogP contribution in [-0.2, 0) is 5.54 Å². The number of tetrazole rings is 1. The quantitative estimate of drug-likeness (QED) is 0.892. The summed E-state index contributed by atoms with van der Waals surface area (Å²) in [6, 6.07) is 4.53. The predicted molar refractivity (Wildman–Crippen MR) is 78.9 cm³/mol. The molecule has 0 saturated carbocycles. The van der Waals surface area contributed by atoms with E-state index in [4.69, 9.17) is 5.11 Å². The third-order valence-corrected chi connectivity index (χ3v) is 2.93. The second-order valence-electron chi connectivity index (χ2n) is 5.86. The number of nitrogens with zero attached hydrogens (tertiary/aromatic N) is 4. The number of carboxylic acid groups (broad SMARTS) is 1. The smallest absolute Gasteiger partial charge is 0.335 e. The highest BCUT2D eigenvalue weighted by Crippen LogP contribution is 2.16. The van der Waals surface area contributed by atoms with Gasteiger partial charge in [0.25, 0.3) is 11.7 Å². The lowest BCUT2D eigenvalue weighted by molar-refractivity contribution is 0.0696. The van der Waals surface area contributed by atoms with Gasteiger partial charge in [0.1, 0.15) is 0 Å². The maximum Gasteiger partial charge on any atom is 0.335 e. The van der Waals surface area contributed by atoms with Crippen molar-refractivity contribution in [3.05, 3.63) is 35.2 Å². The van der Waals surface area contributed by atoms with Gasteiger partial charge in [-0.25, -0.2) is 4.79 Å². The zero-order chi connectivity index (χ0) is 16.5. The number of anilines is 1. The van der Waals surface area contributed by atoms with E-state index in [1.165, 1.54) is 16.9 Å². The Kier molecular flexibility index (Phi) is 3.94. The SMILES string of the molecule is Cc1cc(NC(=O)c2nnn(C(C)(C)C)n2)ccc1C(=O)O. The highest BCUT2D eigenvalue weighted by molar-refractivity contribution is 6.01. The zero-order valence-corrected chi connectivity index (χ0v) is 12.8. The minimum Gasteiger partial charge on any atom is -0.478 e. The molecule has 0 spiro atoms. The molecular weight excluding hydrogens is 286 g/mol. The summed E-state index contributed by atoms with van der Waals surface area (Å²) in [7, 11) is 0. The van der Waals surface area contributed by atoms with Crippen LogP contribution in [0.15, 0.2) is 18.2 Å². The van der Waals surface area contributed by atoms with Crippen LogP contribution in [0.4, 0.5) is 5.69 Å². The van der Waals surface area contributed by atoms with Gasteiger partial charge in [-0.1, -0.05) is 0 Å². The number of aryl methyl sites for hydroxylation is 1. The Morgan fingerprint density at radius 3 is 2.45 bits per heavy atom. The van der Waals surface area contributed by atoms with E-state index in [0.29, 0.717) is 11.3 Å². The Morgan fingerprint density at radius 1 is 1.27 bits per heavy atom. The first kappa shape index (κ1) is 15.6. The molecule has 0 aliphatic carbocycles. The molecule has 0 bridgehead atoms. The fourth-order valence-corrected chi connectivity index (χ4v) is 1.76. The summed E-state index contributed by atoms with van der Waals surface area (Å²) in [4.78, 5) is 24.4. The molecule has 1 heterocycles. The number of nitrogens with one attached hydrogen (secondary N) is 1. The lowest BCUT2D eigenvalue weighted by Gasteiger charge is -2.15. The van der Waals surface area contributed by atoms with Gasteiger partial charge in [0.15, 0.2) is 0 Å². The number of hydrogen-bond donors (Lipinski definition) is 2. The molecule has 0 aliphatic heterocycles. The van der Waals surface area contributed by atoms with E-state index in [-0.39, 0.29) is 16.9 Å². The molecule has 116 valence electrons. The van der Waals surface area contributed by atoms with Crippen LogP contribution in [0.25, 0.3) is 0 Å². The highest BCUT2D eigenvalue weighted by atomic mass is 16.4. The zero-order valence-electron chi connectivity index (χ0n) is 12.8. The van der Waals surface area contributed by atoms with Crippen LogP contribution in [0.5, 0.6) is 0 Å². The fraction of sp³-hybridized carbons (Fsp3) is 0.357. The first-order valence-corrected chi connectivity index (χ1v) is 6.64. The number of hydrogen-bond acceptors (Lipinski definition) is 5. The number of carbonyl (C=O) groups is 2. The van der Waals surface area contributed by atoms with Gasteiger partial charge in [0.2, 0.25) is 0 Å². The Labute approximate surface area is 127 Å². The van der Waals surface area contributed by atoms with Crippen molar-refractivity contribution >= 4 is 17.6 Å². The van der Waals surface area contributed by atoms with E-state index >= 15 is 0 Å². The summed E-state index contributed by atoms with van der Waals surface area (Å²) >= 11 is 0. The van der Waals surface area contributed by atoms with Gasteiger partial charge in [-0.15, -0.1) is 10.2 Å². The molecule has 2 N–H and O–H groups in total. The molecule has 1 amide bonds. The Morgan fingerprint density at radius 2 is 1.95 bits per heavy atom. The average Bonchev–Trinajstić information content (AvgIpc) is 2.87. The second kappa shape index (κ2) is 5.55. The van der Waals surface area contributed by atoms with Gasteiger partial charge in [0, 0.05) is 5.69 Å². The molecule has 1 aromatic carbocycles. The number of amides is 1. The fourth-order valence-electron chi connectivity index (χ4n) is 1.76. The van der Waals surface area contributed by atoms with Crippen molar-refractivity contribution in [2.75, 3.05) is 5.32 Å². The van der Waals surface area contributed by atoms with E-state index in [9.17, 15) is 9.59 Å². The summed E-state index contributed by atoms with van der Waals surface area (Å²) in [6.07, 6.45) is 0. The third-order valence-electron chi connectivity index (χ3n) is 2.93. The molecule has 2 rings (SSSR count). The maximum atomic E-state index is 12.1. The summed E-state index contributed by atoms with van der Waals surface area (Å²) < 4.78 is 0. The first-order valence-electron chi connectivity index (χ1n) is 6.64. The molecule has 0 aliphatic rings. The minimum absolute atomic E-state index is 0.0464. The van der Waals surface area contributed by atoms with Gasteiger partial charge in [0.05, 0.1) is 11.1 Å². The van der Waals surface area contributed by atoms with E-state index in [1.807, 2.05) is 20.8 Å². The first-order chi connectivity index (χ1) is 10.2. The lowest BCUT2D eigenvalue weighted by Crippen LogP contribution is -2.25. The normalized spacial score (nSPS) is 11.3. The lowest BCUT2D eigenvalue weighted by atomic mass is 10.1. The highest BCUT2D eigenvalue weighted by Gasteiger charge is 2.20. The summed E-state index contributed by atoms with van der Waals surface area (Å²) in [5.41, 5.74) is 0.844. The van der Waals surface area contributed by atoms with Gasteiger partial charge in [-0.05, 0) is 56.7 Å². The number of benzene rings is 1. The van der Waals surface area contributed by atoms with Crippen LogP contribution in [0, 0.1) is 6.92 Å². The van der Waals surface area contributed by atoms with Crippen LogP contribution < -0.4 is 5.32 Å². The van der Waals surface area contributed by atoms with E-state index in [1.54, 1.807) is 13.0 Å². The average molecular weight is 303 g/mol. The monoisotopic (exact) mass is 303 g/mol. The van der Waals surface area contributed by atoms with Crippen LogP contribution in [-0.4, -0.2) is 37.2 Å². The van der Waals surface area contributed by atoms with E-state index in [0.717, 1.165) is 0 Å². The maximum absolute atomic E-state index is 12.1. The second-order valence-corrected chi connectivity index (χ2v) is 5.86. The number of rotatable bonds is 3. The van der Waals surface area contributed by atoms with Gasteiger partial charge >= 0.3 is 5.97 Å². The largest absolute Gasteiger partial charge is 0.478 e. The van der Waals surface area contributed by atoms with Crippen LogP contribution in [0.2, 0.25) is 0 Å². The standard InChI is InChI=1S/C14H17N5O3/c1-8-7-9(5-6-10(8)13(21)22)15-12(20)11-16-18-19(17-11)14(2,3)4/h5-7H,1-4H3,(H,15,20)(H,21,22). The molecule has 0 atom stereocenters. The number of carboxylic acids is 1. The molecule has 0 fully saturated rings. The molecule has 22 heavy (non-hydrogen) atoms. The van der Waals surface area contributed by atoms with Gasteiger partial charge in [-0.2, -0.15) is 4.80 Å². The van der Waals surface area contributed by atoms with Crippen molar-refractivity contribution in [1.29, 1.82) is 0 Å². The van der Waals surface area contributed by atoms with Crippen LogP contribution in [0.1, 0.15) is 47.3 Å². The summed E-state index contributed by atoms with van der Waals surface area (Å²) in [5.74, 6) is -1.56. The minimum atomic E-state index is -1.01. The number of carbonyl (C=O) groups excluding carboxylic acids is 1. The van der Waals surface area contributed by atoms with Crippen molar-refractivity contribution in [2.45, 2.75) is 33.2 Å². The van der Waals surface area contributed by atoms with E-state index < -0.39 is 11.9 Å². The van der Waals surface area contributed by atoms with Crippen molar-refractivity contribution in [2.24, 2.45) is 0 Å². The molecule has 8 heteroatoms. The summed E-state index contributed by atoms with van der Waals surface area (Å²) in [6.45, 7) is 7.34. The molecule has 1 aromatic heterocycles. The predicted octanol–water partition coefficient (Wildman–Crippen LogP) is 1.69. The molecular formula is C14H17N5O3. The Bertz CT molecular complexity index is 730. The van der Waals surface area contributed by atoms with Crippen molar-refractivity contribution < 1.29 is 14.7 Å². The van der Waals surface area contributed by atoms with Crippen LogP contribution >= 0.6 is 0 Å². The van der Waals surface area contributed by atoms with Gasteiger partial charge < -0.3 is 10.4 Å². The van der Waals surface area contributed by atoms with Crippen molar-refractivity contribution in [1.82, 2.24) is 20.2 Å². The topological polar surface area (TPSA) is 110 Å². The third kappa shape index (κ3) is 3.27. The van der Waals surface area contributed by atoms with Crippen LogP contribution in [0.3, 0.4) is 0 Å². The van der Waals surface area contributed by atoms with E-state index in [2.05, 4.69) is 20.7 Å². The molecule has 0 unspecified atom stereocenters. The number of aromatic carboxylic acids is 1. The molecule has 0 saturated heterocycles. The van der Waals surface area contributed by atoms with Gasteiger partial charge in [-0.3, -0.25) is 4.79 Å². The van der Waals surface area contributed by atoms with Crippen molar-refractivity contribution in [3.8, 4) is 0 Å².